The molecule has 1 aliphatic rings. The predicted octanol–water partition coefficient (Wildman–Crippen LogP) is 1.02. The van der Waals surface area contributed by atoms with Gasteiger partial charge in [0.1, 0.15) is 23.7 Å². The summed E-state index contributed by atoms with van der Waals surface area (Å²) in [6.45, 7) is 1.60. The zero-order chi connectivity index (χ0) is 21.4. The molecule has 31 heavy (non-hydrogen) atoms. The fraction of sp³-hybridized carbons (Fsp3) is 0.300. The van der Waals surface area contributed by atoms with Crippen LogP contribution in [0.4, 0.5) is 0 Å². The van der Waals surface area contributed by atoms with Gasteiger partial charge in [-0.2, -0.15) is 20.1 Å². The number of nitrogens with zero attached hydrogens (tertiary/aromatic N) is 9. The fourth-order valence-corrected chi connectivity index (χ4v) is 3.58. The van der Waals surface area contributed by atoms with Gasteiger partial charge < -0.3 is 9.64 Å². The van der Waals surface area contributed by atoms with Gasteiger partial charge in [0, 0.05) is 25.7 Å². The smallest absolute Gasteiger partial charge is 0.272 e. The SMILES string of the molecule is COc1cccc(-c2cc(C(=O)N3CC(n4cc(Cn5nccn5)nn4)C3)n(C)n2)c1. The molecule has 4 heterocycles. The maximum absolute atomic E-state index is 13.0. The summed E-state index contributed by atoms with van der Waals surface area (Å²) in [4.78, 5) is 16.3. The molecule has 0 radical (unpaired) electrons. The molecule has 0 aliphatic carbocycles. The molecule has 158 valence electrons. The van der Waals surface area contributed by atoms with Crippen LogP contribution in [0.25, 0.3) is 11.3 Å². The Balaban J connectivity index is 1.24. The lowest BCUT2D eigenvalue weighted by atomic mass is 10.1. The Morgan fingerprint density at radius 3 is 2.77 bits per heavy atom. The van der Waals surface area contributed by atoms with E-state index >= 15 is 0 Å². The van der Waals surface area contributed by atoms with Gasteiger partial charge in [-0.1, -0.05) is 17.3 Å². The van der Waals surface area contributed by atoms with Crippen molar-refractivity contribution in [2.24, 2.45) is 7.05 Å². The number of aromatic nitrogens is 8. The minimum Gasteiger partial charge on any atom is -0.497 e. The Kier molecular flexibility index (Phi) is 4.69. The van der Waals surface area contributed by atoms with E-state index in [1.807, 2.05) is 36.5 Å². The number of carbonyl (C=O) groups excluding carboxylic acids is 1. The molecule has 1 amide bonds. The maximum atomic E-state index is 13.0. The zero-order valence-electron chi connectivity index (χ0n) is 17.2. The highest BCUT2D eigenvalue weighted by molar-refractivity contribution is 5.94. The van der Waals surface area contributed by atoms with Crippen molar-refractivity contribution >= 4 is 5.91 Å². The molecule has 0 spiro atoms. The van der Waals surface area contributed by atoms with Crippen molar-refractivity contribution in [3.63, 3.8) is 0 Å². The first-order valence-corrected chi connectivity index (χ1v) is 9.83. The van der Waals surface area contributed by atoms with Gasteiger partial charge in [-0.15, -0.1) is 5.10 Å². The van der Waals surface area contributed by atoms with Gasteiger partial charge in [0.25, 0.3) is 5.91 Å². The Morgan fingerprint density at radius 2 is 2.00 bits per heavy atom. The van der Waals surface area contributed by atoms with Crippen LogP contribution in [0.2, 0.25) is 0 Å². The lowest BCUT2D eigenvalue weighted by molar-refractivity contribution is 0.0487. The van der Waals surface area contributed by atoms with E-state index in [0.717, 1.165) is 22.7 Å². The molecule has 1 aromatic carbocycles. The van der Waals surface area contributed by atoms with Crippen LogP contribution in [0.3, 0.4) is 0 Å². The number of ether oxygens (including phenoxy) is 1. The summed E-state index contributed by atoms with van der Waals surface area (Å²) >= 11 is 0. The first-order valence-electron chi connectivity index (χ1n) is 9.83. The molecule has 3 aromatic heterocycles. The second-order valence-electron chi connectivity index (χ2n) is 7.38. The number of hydrogen-bond acceptors (Lipinski definition) is 7. The Labute approximate surface area is 177 Å². The van der Waals surface area contributed by atoms with E-state index in [-0.39, 0.29) is 11.9 Å². The van der Waals surface area contributed by atoms with Crippen molar-refractivity contribution in [2.75, 3.05) is 20.2 Å². The van der Waals surface area contributed by atoms with Crippen molar-refractivity contribution < 1.29 is 9.53 Å². The standard InChI is InChI=1S/C20H21N9O2/c1-26-19(9-18(24-26)14-4-3-5-17(8-14)31-2)20(30)27-12-16(13-27)28-10-15(23-25-28)11-29-21-6-7-22-29/h3-10,16H,11-13H2,1-2H3. The first-order chi connectivity index (χ1) is 15.1. The molecule has 11 nitrogen and oxygen atoms in total. The predicted molar refractivity (Wildman–Crippen MR) is 109 cm³/mol. The minimum atomic E-state index is -0.0542. The van der Waals surface area contributed by atoms with Crippen molar-refractivity contribution in [2.45, 2.75) is 12.6 Å². The van der Waals surface area contributed by atoms with E-state index in [1.54, 1.807) is 45.6 Å². The number of amides is 1. The lowest BCUT2D eigenvalue weighted by Gasteiger charge is -2.38. The van der Waals surface area contributed by atoms with Crippen LogP contribution in [0.15, 0.2) is 48.9 Å². The van der Waals surface area contributed by atoms with E-state index in [2.05, 4.69) is 25.6 Å². The summed E-state index contributed by atoms with van der Waals surface area (Å²) in [5.41, 5.74) is 2.95. The third-order valence-corrected chi connectivity index (χ3v) is 5.32. The number of methoxy groups -OCH3 is 1. The van der Waals surface area contributed by atoms with Gasteiger partial charge in [-0.05, 0) is 18.2 Å². The summed E-state index contributed by atoms with van der Waals surface area (Å²) in [7, 11) is 3.40. The summed E-state index contributed by atoms with van der Waals surface area (Å²) in [6, 6.07) is 9.53. The molecule has 1 aliphatic heterocycles. The van der Waals surface area contributed by atoms with Crippen LogP contribution in [0.5, 0.6) is 5.75 Å². The number of likely N-dealkylation sites (tertiary alicyclic amines) is 1. The number of benzene rings is 1. The third kappa shape index (κ3) is 3.65. The van der Waals surface area contributed by atoms with E-state index in [0.29, 0.717) is 25.3 Å². The summed E-state index contributed by atoms with van der Waals surface area (Å²) < 4.78 is 8.70. The van der Waals surface area contributed by atoms with Crippen LogP contribution in [0, 0.1) is 0 Å². The summed E-state index contributed by atoms with van der Waals surface area (Å²) in [5, 5.41) is 21.0. The van der Waals surface area contributed by atoms with Gasteiger partial charge in [0.2, 0.25) is 0 Å². The highest BCUT2D eigenvalue weighted by atomic mass is 16.5. The topological polar surface area (TPSA) is 109 Å². The van der Waals surface area contributed by atoms with Crippen molar-refractivity contribution in [1.29, 1.82) is 0 Å². The molecule has 0 saturated carbocycles. The first kappa shape index (κ1) is 19.0. The van der Waals surface area contributed by atoms with Crippen LogP contribution in [-0.4, -0.2) is 70.8 Å². The second-order valence-corrected chi connectivity index (χ2v) is 7.38. The molecule has 1 saturated heterocycles. The van der Waals surface area contributed by atoms with Crippen molar-refractivity contribution in [3.8, 4) is 17.0 Å². The largest absolute Gasteiger partial charge is 0.497 e. The van der Waals surface area contributed by atoms with Gasteiger partial charge in [0.15, 0.2) is 0 Å². The quantitative estimate of drug-likeness (QED) is 0.459. The molecular weight excluding hydrogens is 398 g/mol. The van der Waals surface area contributed by atoms with Gasteiger partial charge in [0.05, 0.1) is 37.4 Å². The molecule has 5 rings (SSSR count). The summed E-state index contributed by atoms with van der Waals surface area (Å²) in [5.74, 6) is 0.693. The van der Waals surface area contributed by atoms with Crippen LogP contribution >= 0.6 is 0 Å². The van der Waals surface area contributed by atoms with E-state index in [1.165, 1.54) is 0 Å². The van der Waals surface area contributed by atoms with E-state index in [9.17, 15) is 4.79 Å². The normalized spacial score (nSPS) is 13.9. The highest BCUT2D eigenvalue weighted by Crippen LogP contribution is 2.26. The van der Waals surface area contributed by atoms with Crippen LogP contribution in [0.1, 0.15) is 22.2 Å². The van der Waals surface area contributed by atoms with Gasteiger partial charge >= 0.3 is 0 Å². The molecule has 11 heteroatoms. The fourth-order valence-electron chi connectivity index (χ4n) is 3.58. The Hall–Kier alpha value is -4.02. The average molecular weight is 419 g/mol. The van der Waals surface area contributed by atoms with Gasteiger partial charge in [-0.25, -0.2) is 4.68 Å². The van der Waals surface area contributed by atoms with Gasteiger partial charge in [-0.3, -0.25) is 9.48 Å². The summed E-state index contributed by atoms with van der Waals surface area (Å²) in [6.07, 6.45) is 5.12. The average Bonchev–Trinajstić information content (AvgIpc) is 3.49. The molecule has 0 unspecified atom stereocenters. The van der Waals surface area contributed by atoms with Crippen molar-refractivity contribution in [3.05, 3.63) is 60.3 Å². The van der Waals surface area contributed by atoms with Crippen LogP contribution in [-0.2, 0) is 13.6 Å². The minimum absolute atomic E-state index is 0.0542. The molecular formula is C20H21N9O2. The van der Waals surface area contributed by atoms with Crippen molar-refractivity contribution in [1.82, 2.24) is 44.7 Å². The number of carbonyl (C=O) groups is 1. The highest BCUT2D eigenvalue weighted by Gasteiger charge is 2.34. The monoisotopic (exact) mass is 419 g/mol. The molecule has 1 fully saturated rings. The third-order valence-electron chi connectivity index (χ3n) is 5.32. The lowest BCUT2D eigenvalue weighted by Crippen LogP contribution is -2.51. The Bertz CT molecular complexity index is 1210. The zero-order valence-corrected chi connectivity index (χ0v) is 17.2. The molecule has 4 aromatic rings. The van der Waals surface area contributed by atoms with E-state index in [4.69, 9.17) is 4.74 Å². The Morgan fingerprint density at radius 1 is 1.19 bits per heavy atom. The van der Waals surface area contributed by atoms with Crippen LogP contribution < -0.4 is 4.74 Å². The maximum Gasteiger partial charge on any atom is 0.272 e. The number of rotatable bonds is 6. The van der Waals surface area contributed by atoms with E-state index < -0.39 is 0 Å². The number of hydrogen-bond donors (Lipinski definition) is 0. The number of aryl methyl sites for hydroxylation is 1. The molecule has 0 bridgehead atoms. The second kappa shape index (κ2) is 7.67. The molecule has 0 atom stereocenters. The molecule has 0 N–H and O–H groups in total.